The van der Waals surface area contributed by atoms with Crippen LogP contribution in [0.1, 0.15) is 56.2 Å². The minimum Gasteiger partial charge on any atom is -0.481 e. The van der Waals surface area contributed by atoms with Gasteiger partial charge in [0.2, 0.25) is 0 Å². The van der Waals surface area contributed by atoms with Crippen molar-refractivity contribution in [2.45, 2.75) is 68.8 Å². The summed E-state index contributed by atoms with van der Waals surface area (Å²) in [7, 11) is 0. The average molecular weight is 401 g/mol. The number of aliphatic carboxylic acids is 1. The van der Waals surface area contributed by atoms with Crippen molar-refractivity contribution >= 4 is 34.9 Å². The molecule has 2 rings (SSSR count). The van der Waals surface area contributed by atoms with Crippen LogP contribution in [0.2, 0.25) is 0 Å². The fourth-order valence-electron chi connectivity index (χ4n) is 3.49. The monoisotopic (exact) mass is 400 g/mol. The van der Waals surface area contributed by atoms with Gasteiger partial charge in [-0.2, -0.15) is 11.8 Å². The summed E-state index contributed by atoms with van der Waals surface area (Å²) in [6.45, 7) is 1.71. The van der Waals surface area contributed by atoms with Crippen LogP contribution in [0.4, 0.5) is 0 Å². The van der Waals surface area contributed by atoms with Gasteiger partial charge >= 0.3 is 5.97 Å². The molecule has 1 aliphatic rings. The zero-order valence-electron chi connectivity index (χ0n) is 15.0. The lowest BCUT2D eigenvalue weighted by atomic mass is 9.95. The van der Waals surface area contributed by atoms with Crippen molar-refractivity contribution in [2.75, 3.05) is 5.75 Å². The predicted molar refractivity (Wildman–Crippen MR) is 105 cm³/mol. The second-order valence-corrected chi connectivity index (χ2v) is 9.23. The van der Waals surface area contributed by atoms with Crippen molar-refractivity contribution in [3.63, 3.8) is 0 Å². The zero-order chi connectivity index (χ0) is 19.1. The van der Waals surface area contributed by atoms with Crippen LogP contribution < -0.4 is 0 Å². The van der Waals surface area contributed by atoms with Gasteiger partial charge < -0.3 is 15.3 Å². The van der Waals surface area contributed by atoms with E-state index in [2.05, 4.69) is 0 Å². The molecule has 3 unspecified atom stereocenters. The van der Waals surface area contributed by atoms with Crippen molar-refractivity contribution < 1.29 is 24.9 Å². The molecule has 1 saturated carbocycles. The Kier molecular flexibility index (Phi) is 8.60. The molecule has 5 atom stereocenters. The molecule has 0 amide bonds. The topological polar surface area (TPSA) is 94.8 Å². The summed E-state index contributed by atoms with van der Waals surface area (Å²) in [4.78, 5) is 24.5. The minimum absolute atomic E-state index is 0.114. The van der Waals surface area contributed by atoms with E-state index in [9.17, 15) is 24.9 Å². The Balaban J connectivity index is 1.75. The number of rotatable bonds is 11. The number of Topliss-reactive ketones (excluding diaryl/α,β-unsaturated/α-hetero) is 1. The van der Waals surface area contributed by atoms with Crippen LogP contribution in [0.15, 0.2) is 17.5 Å². The first-order valence-electron chi connectivity index (χ1n) is 9.16. The average Bonchev–Trinajstić information content (AvgIpc) is 3.17. The Labute approximate surface area is 162 Å². The Morgan fingerprint density at radius 2 is 2.15 bits per heavy atom. The highest BCUT2D eigenvalue weighted by Crippen LogP contribution is 2.37. The third-order valence-corrected chi connectivity index (χ3v) is 7.51. The fraction of sp³-hybridized carbons (Fsp3) is 0.684. The van der Waals surface area contributed by atoms with Crippen molar-refractivity contribution in [1.29, 1.82) is 0 Å². The highest BCUT2D eigenvalue weighted by atomic mass is 32.2. The fourth-order valence-corrected chi connectivity index (χ4v) is 5.69. The third kappa shape index (κ3) is 6.08. The number of thioether (sulfide) groups is 1. The molecule has 1 fully saturated rings. The van der Waals surface area contributed by atoms with E-state index in [1.807, 2.05) is 17.5 Å². The first kappa shape index (κ1) is 21.4. The molecule has 1 heterocycles. The normalized spacial score (nSPS) is 25.3. The molecule has 3 N–H and O–H groups in total. The summed E-state index contributed by atoms with van der Waals surface area (Å²) >= 11 is 2.96. The third-order valence-electron chi connectivity index (χ3n) is 4.82. The lowest BCUT2D eigenvalue weighted by Gasteiger charge is -2.21. The number of aliphatic hydroxyl groups excluding tert-OH is 2. The van der Waals surface area contributed by atoms with E-state index in [-0.39, 0.29) is 23.4 Å². The molecule has 1 aromatic heterocycles. The van der Waals surface area contributed by atoms with Crippen LogP contribution in [0.3, 0.4) is 0 Å². The number of carboxylic acid groups (broad SMARTS) is 1. The molecule has 7 heteroatoms. The number of hydrogen-bond donors (Lipinski definition) is 3. The molecule has 0 saturated heterocycles. The molecule has 0 bridgehead atoms. The van der Waals surface area contributed by atoms with Gasteiger partial charge in [0.1, 0.15) is 5.78 Å². The molecule has 146 valence electrons. The molecular weight excluding hydrogens is 372 g/mol. The van der Waals surface area contributed by atoms with Gasteiger partial charge in [0.05, 0.1) is 18.1 Å². The Bertz CT molecular complexity index is 572. The predicted octanol–water partition coefficient (Wildman–Crippen LogP) is 3.30. The van der Waals surface area contributed by atoms with Crippen LogP contribution in [0.25, 0.3) is 0 Å². The van der Waals surface area contributed by atoms with Crippen LogP contribution in [0, 0.1) is 5.92 Å². The summed E-state index contributed by atoms with van der Waals surface area (Å²) in [5.74, 6) is -0.744. The van der Waals surface area contributed by atoms with Gasteiger partial charge in [0.15, 0.2) is 0 Å². The van der Waals surface area contributed by atoms with Crippen LogP contribution in [-0.4, -0.2) is 50.3 Å². The molecular formula is C19H28O5S2. The first-order valence-corrected chi connectivity index (χ1v) is 11.1. The summed E-state index contributed by atoms with van der Waals surface area (Å²) in [5, 5.41) is 30.7. The van der Waals surface area contributed by atoms with Gasteiger partial charge in [-0.15, -0.1) is 11.3 Å². The number of carbonyl (C=O) groups excluding carboxylic acids is 1. The summed E-state index contributed by atoms with van der Waals surface area (Å²) < 4.78 is 0. The highest BCUT2D eigenvalue weighted by molar-refractivity contribution is 8.00. The molecule has 5 nitrogen and oxygen atoms in total. The molecule has 1 aliphatic carbocycles. The van der Waals surface area contributed by atoms with Crippen molar-refractivity contribution in [1.82, 2.24) is 0 Å². The maximum atomic E-state index is 12.1. The van der Waals surface area contributed by atoms with E-state index < -0.39 is 24.1 Å². The van der Waals surface area contributed by atoms with Gasteiger partial charge in [-0.05, 0) is 31.2 Å². The van der Waals surface area contributed by atoms with Crippen LogP contribution in [0.5, 0.6) is 0 Å². The van der Waals surface area contributed by atoms with Crippen LogP contribution in [-0.2, 0) is 9.59 Å². The molecule has 0 spiro atoms. The van der Waals surface area contributed by atoms with E-state index >= 15 is 0 Å². The van der Waals surface area contributed by atoms with Gasteiger partial charge in [0, 0.05) is 28.2 Å². The van der Waals surface area contributed by atoms with E-state index in [1.54, 1.807) is 6.92 Å². The second kappa shape index (κ2) is 10.4. The number of unbranched alkanes of at least 4 members (excludes halogenated alkanes) is 2. The van der Waals surface area contributed by atoms with Crippen molar-refractivity contribution in [3.8, 4) is 0 Å². The number of carboxylic acids is 1. The van der Waals surface area contributed by atoms with Gasteiger partial charge in [-0.1, -0.05) is 25.3 Å². The number of thiophene rings is 1. The maximum absolute atomic E-state index is 12.1. The highest BCUT2D eigenvalue weighted by Gasteiger charge is 2.41. The van der Waals surface area contributed by atoms with E-state index in [4.69, 9.17) is 0 Å². The van der Waals surface area contributed by atoms with E-state index in [1.165, 1.54) is 23.1 Å². The molecule has 1 aromatic rings. The first-order chi connectivity index (χ1) is 12.4. The second-order valence-electron chi connectivity index (χ2n) is 7.04. The van der Waals surface area contributed by atoms with Crippen LogP contribution >= 0.6 is 23.1 Å². The van der Waals surface area contributed by atoms with Gasteiger partial charge in [-0.25, -0.2) is 0 Å². The molecule has 0 aliphatic heterocycles. The molecule has 0 radical (unpaired) electrons. The largest absolute Gasteiger partial charge is 0.481 e. The number of carbonyl (C=O) groups is 2. The maximum Gasteiger partial charge on any atom is 0.311 e. The SMILES string of the molecule is CC(O)CS[C@H]1C(O)CC(=O)[C@@H]1CCCCCC(C(=O)O)c1cccs1. The van der Waals surface area contributed by atoms with E-state index in [0.29, 0.717) is 12.2 Å². The zero-order valence-corrected chi connectivity index (χ0v) is 16.7. The van der Waals surface area contributed by atoms with E-state index in [0.717, 1.165) is 30.6 Å². The Hall–Kier alpha value is -0.890. The van der Waals surface area contributed by atoms with Crippen molar-refractivity contribution in [2.24, 2.45) is 5.92 Å². The number of aliphatic hydroxyl groups is 2. The summed E-state index contributed by atoms with van der Waals surface area (Å²) in [6, 6.07) is 3.74. The van der Waals surface area contributed by atoms with Gasteiger partial charge in [0.25, 0.3) is 0 Å². The standard InChI is InChI=1S/C19H28O5S2/c1-12(20)11-26-18-13(15(21)10-16(18)22)6-3-2-4-7-14(19(23)24)17-8-5-9-25-17/h5,8-9,12-14,16,18,20,22H,2-4,6-7,10-11H2,1H3,(H,23,24)/t12?,13-,14?,16?,18+/m0/s1. The smallest absolute Gasteiger partial charge is 0.311 e. The van der Waals surface area contributed by atoms with Gasteiger partial charge in [-0.3, -0.25) is 9.59 Å². The quantitative estimate of drug-likeness (QED) is 0.493. The summed E-state index contributed by atoms with van der Waals surface area (Å²) in [6.07, 6.45) is 3.02. The minimum atomic E-state index is -0.781. The lowest BCUT2D eigenvalue weighted by molar-refractivity contribution is -0.138. The number of ketones is 1. The Morgan fingerprint density at radius 1 is 1.38 bits per heavy atom. The molecule has 26 heavy (non-hydrogen) atoms. The molecule has 0 aromatic carbocycles. The lowest BCUT2D eigenvalue weighted by Crippen LogP contribution is -2.25. The van der Waals surface area contributed by atoms with Crippen molar-refractivity contribution in [3.05, 3.63) is 22.4 Å². The Morgan fingerprint density at radius 3 is 2.77 bits per heavy atom. The summed E-state index contributed by atoms with van der Waals surface area (Å²) in [5.41, 5.74) is 0. The number of hydrogen-bond acceptors (Lipinski definition) is 6.